The van der Waals surface area contributed by atoms with E-state index in [1.165, 1.54) is 31.1 Å². The van der Waals surface area contributed by atoms with Gasteiger partial charge in [-0.15, -0.1) is 0 Å². The zero-order valence-corrected chi connectivity index (χ0v) is 17.6. The third kappa shape index (κ3) is 4.38. The largest absolute Gasteiger partial charge is 0.465 e. The smallest absolute Gasteiger partial charge is 0.338 e. The number of hydrogen-bond donors (Lipinski definition) is 0. The number of carbonyl (C=O) groups is 1. The van der Waals surface area contributed by atoms with Crippen molar-refractivity contribution in [3.8, 4) is 11.5 Å². The molecular weight excluding hydrogens is 374 g/mol. The zero-order valence-electron chi connectivity index (χ0n) is 17.6. The average molecular weight is 402 g/mol. The fourth-order valence-electron chi connectivity index (χ4n) is 4.32. The summed E-state index contributed by atoms with van der Waals surface area (Å²) in [5.41, 5.74) is 5.48. The van der Waals surface area contributed by atoms with Crippen molar-refractivity contribution in [1.82, 2.24) is 4.98 Å². The molecule has 30 heavy (non-hydrogen) atoms. The molecule has 0 N–H and O–H groups in total. The Bertz CT molecular complexity index is 1040. The normalized spacial score (nSPS) is 15.3. The third-order valence-corrected chi connectivity index (χ3v) is 5.95. The van der Waals surface area contributed by atoms with E-state index in [4.69, 9.17) is 9.47 Å². The first-order valence-electron chi connectivity index (χ1n) is 10.5. The van der Waals surface area contributed by atoms with Crippen molar-refractivity contribution in [1.29, 1.82) is 0 Å². The van der Waals surface area contributed by atoms with E-state index < -0.39 is 0 Å². The van der Waals surface area contributed by atoms with Crippen LogP contribution in [0.25, 0.3) is 0 Å². The number of rotatable bonds is 6. The Morgan fingerprint density at radius 2 is 2.03 bits per heavy atom. The standard InChI is InChI=1S/C26H27NO3/c1-18-6-3-4-9-25(18)30-22-12-13-23-19(7-5-8-20(23)16-22)10-11-21-17-27-15-14-24(21)26(28)29-2/h3-4,6,9,12-17,19H,5,7-8,10-11H2,1-2H3/t19-/m0/s1. The molecule has 4 heteroatoms. The molecule has 0 spiro atoms. The molecule has 4 nitrogen and oxygen atoms in total. The summed E-state index contributed by atoms with van der Waals surface area (Å²) in [6.45, 7) is 2.06. The number of methoxy groups -OCH3 is 1. The predicted molar refractivity (Wildman–Crippen MR) is 117 cm³/mol. The summed E-state index contributed by atoms with van der Waals surface area (Å²) < 4.78 is 11.0. The van der Waals surface area contributed by atoms with Crippen molar-refractivity contribution in [2.75, 3.05) is 7.11 Å². The van der Waals surface area contributed by atoms with Gasteiger partial charge in [0.1, 0.15) is 11.5 Å². The first-order valence-corrected chi connectivity index (χ1v) is 10.5. The molecule has 2 aromatic carbocycles. The van der Waals surface area contributed by atoms with Gasteiger partial charge in [0.2, 0.25) is 0 Å². The lowest BCUT2D eigenvalue weighted by molar-refractivity contribution is 0.0599. The highest BCUT2D eigenvalue weighted by Gasteiger charge is 2.22. The van der Waals surface area contributed by atoms with E-state index >= 15 is 0 Å². The third-order valence-electron chi connectivity index (χ3n) is 5.95. The summed E-state index contributed by atoms with van der Waals surface area (Å²) in [5.74, 6) is 1.97. The van der Waals surface area contributed by atoms with Crippen molar-refractivity contribution in [2.45, 2.75) is 44.9 Å². The van der Waals surface area contributed by atoms with Gasteiger partial charge in [0, 0.05) is 12.4 Å². The lowest BCUT2D eigenvalue weighted by Gasteiger charge is -2.26. The summed E-state index contributed by atoms with van der Waals surface area (Å²) in [6, 6.07) is 16.3. The van der Waals surface area contributed by atoms with Gasteiger partial charge >= 0.3 is 5.97 Å². The van der Waals surface area contributed by atoms with Gasteiger partial charge in [-0.1, -0.05) is 24.3 Å². The van der Waals surface area contributed by atoms with Gasteiger partial charge in [0.15, 0.2) is 0 Å². The number of benzene rings is 2. The maximum atomic E-state index is 12.0. The Balaban J connectivity index is 1.50. The molecule has 154 valence electrons. The van der Waals surface area contributed by atoms with Crippen molar-refractivity contribution in [3.05, 3.63) is 88.7 Å². The SMILES string of the molecule is COC(=O)c1ccncc1CC[C@@H]1CCCc2cc(Oc3ccccc3C)ccc21. The Kier molecular flexibility index (Phi) is 6.12. The molecule has 0 aliphatic heterocycles. The number of carbonyl (C=O) groups excluding carboxylic acids is 1. The molecule has 0 radical (unpaired) electrons. The average Bonchev–Trinajstić information content (AvgIpc) is 2.78. The van der Waals surface area contributed by atoms with Crippen LogP contribution in [0.5, 0.6) is 11.5 Å². The minimum absolute atomic E-state index is 0.297. The lowest BCUT2D eigenvalue weighted by atomic mass is 9.79. The Morgan fingerprint density at radius 1 is 1.17 bits per heavy atom. The molecule has 1 heterocycles. The summed E-state index contributed by atoms with van der Waals surface area (Å²) in [7, 11) is 1.42. The van der Waals surface area contributed by atoms with E-state index in [-0.39, 0.29) is 5.97 Å². The molecule has 1 aromatic heterocycles. The van der Waals surface area contributed by atoms with Crippen LogP contribution >= 0.6 is 0 Å². The molecule has 4 rings (SSSR count). The van der Waals surface area contributed by atoms with Crippen LogP contribution in [0, 0.1) is 6.92 Å². The molecule has 3 aromatic rings. The number of ether oxygens (including phenoxy) is 2. The molecule has 0 saturated heterocycles. The monoisotopic (exact) mass is 401 g/mol. The van der Waals surface area contributed by atoms with Crippen LogP contribution in [0.3, 0.4) is 0 Å². The second-order valence-corrected chi connectivity index (χ2v) is 7.88. The van der Waals surface area contributed by atoms with Gasteiger partial charge in [-0.05, 0) is 91.5 Å². The molecule has 0 amide bonds. The summed E-state index contributed by atoms with van der Waals surface area (Å²) in [4.78, 5) is 16.2. The fourth-order valence-corrected chi connectivity index (χ4v) is 4.32. The second kappa shape index (κ2) is 9.12. The maximum absolute atomic E-state index is 12.0. The molecule has 1 aliphatic rings. The topological polar surface area (TPSA) is 48.4 Å². The van der Waals surface area contributed by atoms with Crippen LogP contribution in [0.4, 0.5) is 0 Å². The van der Waals surface area contributed by atoms with Gasteiger partial charge in [0.25, 0.3) is 0 Å². The highest BCUT2D eigenvalue weighted by Crippen LogP contribution is 2.37. The lowest BCUT2D eigenvalue weighted by Crippen LogP contribution is -2.12. The fraction of sp³-hybridized carbons (Fsp3) is 0.308. The number of esters is 1. The van der Waals surface area contributed by atoms with Crippen LogP contribution < -0.4 is 4.74 Å². The first-order chi connectivity index (χ1) is 14.7. The second-order valence-electron chi connectivity index (χ2n) is 7.88. The number of aromatic nitrogens is 1. The molecular formula is C26H27NO3. The van der Waals surface area contributed by atoms with Crippen LogP contribution in [-0.2, 0) is 17.6 Å². The van der Waals surface area contributed by atoms with Crippen LogP contribution in [0.2, 0.25) is 0 Å². The van der Waals surface area contributed by atoms with Crippen LogP contribution in [0.15, 0.2) is 60.9 Å². The first kappa shape index (κ1) is 20.1. The van der Waals surface area contributed by atoms with Crippen LogP contribution in [0.1, 0.15) is 57.8 Å². The van der Waals surface area contributed by atoms with E-state index in [0.717, 1.165) is 41.9 Å². The highest BCUT2D eigenvalue weighted by molar-refractivity contribution is 5.90. The van der Waals surface area contributed by atoms with E-state index in [2.05, 4.69) is 36.2 Å². The quantitative estimate of drug-likeness (QED) is 0.474. The molecule has 0 bridgehead atoms. The van der Waals surface area contributed by atoms with Gasteiger partial charge in [-0.3, -0.25) is 4.98 Å². The van der Waals surface area contributed by atoms with E-state index in [1.54, 1.807) is 18.5 Å². The number of pyridine rings is 1. The van der Waals surface area contributed by atoms with Crippen molar-refractivity contribution < 1.29 is 14.3 Å². The Labute approximate surface area is 177 Å². The molecule has 0 saturated carbocycles. The van der Waals surface area contributed by atoms with Crippen molar-refractivity contribution >= 4 is 5.97 Å². The number of para-hydroxylation sites is 1. The van der Waals surface area contributed by atoms with Crippen molar-refractivity contribution in [2.24, 2.45) is 0 Å². The van der Waals surface area contributed by atoms with Gasteiger partial charge < -0.3 is 9.47 Å². The van der Waals surface area contributed by atoms with E-state index in [0.29, 0.717) is 11.5 Å². The summed E-state index contributed by atoms with van der Waals surface area (Å²) in [5, 5.41) is 0. The summed E-state index contributed by atoms with van der Waals surface area (Å²) in [6.07, 6.45) is 8.64. The zero-order chi connectivity index (χ0) is 20.9. The summed E-state index contributed by atoms with van der Waals surface area (Å²) >= 11 is 0. The number of fused-ring (bicyclic) bond motifs is 1. The maximum Gasteiger partial charge on any atom is 0.338 e. The molecule has 1 atom stereocenters. The van der Waals surface area contributed by atoms with Gasteiger partial charge in [0.05, 0.1) is 12.7 Å². The minimum atomic E-state index is -0.297. The highest BCUT2D eigenvalue weighted by atomic mass is 16.5. The van der Waals surface area contributed by atoms with Crippen LogP contribution in [-0.4, -0.2) is 18.1 Å². The van der Waals surface area contributed by atoms with Gasteiger partial charge in [-0.2, -0.15) is 0 Å². The Morgan fingerprint density at radius 3 is 2.87 bits per heavy atom. The molecule has 1 aliphatic carbocycles. The predicted octanol–water partition coefficient (Wildman–Crippen LogP) is 6.02. The number of nitrogens with zero attached hydrogens (tertiary/aromatic N) is 1. The van der Waals surface area contributed by atoms with Gasteiger partial charge in [-0.25, -0.2) is 4.79 Å². The minimum Gasteiger partial charge on any atom is -0.465 e. The Hall–Kier alpha value is -3.14. The van der Waals surface area contributed by atoms with E-state index in [1.807, 2.05) is 18.2 Å². The number of aryl methyl sites for hydroxylation is 3. The molecule has 0 unspecified atom stereocenters. The molecule has 0 fully saturated rings. The number of hydrogen-bond acceptors (Lipinski definition) is 4. The van der Waals surface area contributed by atoms with Crippen molar-refractivity contribution in [3.63, 3.8) is 0 Å². The van der Waals surface area contributed by atoms with E-state index in [9.17, 15) is 4.79 Å².